The number of hydroxylamine groups is 2. The molecule has 0 aliphatic carbocycles. The van der Waals surface area contributed by atoms with Gasteiger partial charge in [-0.15, -0.1) is 5.06 Å². The number of nitrogens with zero attached hydrogens (tertiary/aromatic N) is 1. The van der Waals surface area contributed by atoms with Crippen LogP contribution in [0.5, 0.6) is 5.75 Å². The number of hydrogen-bond acceptors (Lipinski definition) is 5. The summed E-state index contributed by atoms with van der Waals surface area (Å²) in [5, 5.41) is 5.20. The number of amides is 1. The van der Waals surface area contributed by atoms with Crippen molar-refractivity contribution in [2.75, 3.05) is 26.2 Å². The summed E-state index contributed by atoms with van der Waals surface area (Å²) in [7, 11) is 0. The van der Waals surface area contributed by atoms with Gasteiger partial charge in [-0.2, -0.15) is 0 Å². The SMILES string of the molecule is O=CON1CCC(c2ccc(CCCOc3ccccc3Cl)cc2)=C(C(=O)NCCCc2ccccc2)C1. The number of aryl methyl sites for hydroxylation is 2. The van der Waals surface area contributed by atoms with Gasteiger partial charge in [-0.1, -0.05) is 78.3 Å². The predicted molar refractivity (Wildman–Crippen MR) is 150 cm³/mol. The van der Waals surface area contributed by atoms with Crippen LogP contribution < -0.4 is 10.1 Å². The van der Waals surface area contributed by atoms with Gasteiger partial charge in [-0.3, -0.25) is 9.59 Å². The van der Waals surface area contributed by atoms with Crippen molar-refractivity contribution in [3.8, 4) is 5.75 Å². The van der Waals surface area contributed by atoms with Crippen molar-refractivity contribution >= 4 is 29.6 Å². The lowest BCUT2D eigenvalue weighted by atomic mass is 9.92. The molecule has 38 heavy (non-hydrogen) atoms. The van der Waals surface area contributed by atoms with E-state index in [1.54, 1.807) is 0 Å². The van der Waals surface area contributed by atoms with E-state index in [0.717, 1.165) is 36.8 Å². The summed E-state index contributed by atoms with van der Waals surface area (Å²) in [5.74, 6) is 0.584. The topological polar surface area (TPSA) is 67.9 Å². The van der Waals surface area contributed by atoms with Crippen LogP contribution in [0.15, 0.2) is 84.4 Å². The lowest BCUT2D eigenvalue weighted by molar-refractivity contribution is -0.172. The number of nitrogens with one attached hydrogen (secondary N) is 1. The van der Waals surface area contributed by atoms with Crippen LogP contribution >= 0.6 is 11.6 Å². The number of halogens is 1. The van der Waals surface area contributed by atoms with Crippen LogP contribution in [0.2, 0.25) is 5.02 Å². The zero-order valence-electron chi connectivity index (χ0n) is 21.4. The van der Waals surface area contributed by atoms with Crippen molar-refractivity contribution in [2.24, 2.45) is 0 Å². The Labute approximate surface area is 229 Å². The number of para-hydroxylation sites is 1. The molecule has 0 saturated heterocycles. The van der Waals surface area contributed by atoms with Gasteiger partial charge in [-0.05, 0) is 66.5 Å². The molecule has 1 aliphatic rings. The van der Waals surface area contributed by atoms with Crippen molar-refractivity contribution in [3.63, 3.8) is 0 Å². The number of ether oxygens (including phenoxy) is 1. The third-order valence-electron chi connectivity index (χ3n) is 6.55. The molecule has 0 radical (unpaired) electrons. The van der Waals surface area contributed by atoms with Crippen molar-refractivity contribution in [1.29, 1.82) is 0 Å². The van der Waals surface area contributed by atoms with Crippen LogP contribution in [0, 0.1) is 0 Å². The lowest BCUT2D eigenvalue weighted by Crippen LogP contribution is -2.38. The molecule has 0 fully saturated rings. The molecule has 0 saturated carbocycles. The van der Waals surface area contributed by atoms with Gasteiger partial charge < -0.3 is 14.9 Å². The van der Waals surface area contributed by atoms with E-state index in [0.29, 0.717) is 48.9 Å². The van der Waals surface area contributed by atoms with Crippen molar-refractivity contribution in [2.45, 2.75) is 32.1 Å². The average Bonchev–Trinajstić information content (AvgIpc) is 2.95. The van der Waals surface area contributed by atoms with E-state index in [1.807, 2.05) is 42.5 Å². The smallest absolute Gasteiger partial charge is 0.313 e. The molecular weight excluding hydrogens is 500 g/mol. The molecule has 6 nitrogen and oxygen atoms in total. The highest BCUT2D eigenvalue weighted by Gasteiger charge is 2.25. The van der Waals surface area contributed by atoms with E-state index in [9.17, 15) is 9.59 Å². The van der Waals surface area contributed by atoms with Gasteiger partial charge in [0.15, 0.2) is 0 Å². The second-order valence-corrected chi connectivity index (χ2v) is 9.60. The molecule has 1 N–H and O–H groups in total. The zero-order chi connectivity index (χ0) is 26.6. The summed E-state index contributed by atoms with van der Waals surface area (Å²) in [4.78, 5) is 29.1. The summed E-state index contributed by atoms with van der Waals surface area (Å²) >= 11 is 6.15. The fraction of sp³-hybridized carbons (Fsp3) is 0.290. The van der Waals surface area contributed by atoms with E-state index >= 15 is 0 Å². The first-order chi connectivity index (χ1) is 18.6. The standard InChI is InChI=1S/C31H33ClN2O4/c32-29-12-4-5-13-30(29)37-21-7-11-25-14-16-26(17-15-25)27-18-20-34(38-23-35)22-28(27)31(36)33-19-6-10-24-8-2-1-3-9-24/h1-5,8-9,12-17,23H,6-7,10-11,18-22H2,(H,33,36). The second kappa shape index (κ2) is 14.4. The monoisotopic (exact) mass is 532 g/mol. The van der Waals surface area contributed by atoms with Gasteiger partial charge in [0.1, 0.15) is 5.75 Å². The molecule has 1 aliphatic heterocycles. The van der Waals surface area contributed by atoms with Gasteiger partial charge >= 0.3 is 6.47 Å². The van der Waals surface area contributed by atoms with E-state index in [4.69, 9.17) is 21.2 Å². The molecule has 3 aromatic rings. The Hall–Kier alpha value is -3.61. The second-order valence-electron chi connectivity index (χ2n) is 9.20. The maximum absolute atomic E-state index is 13.2. The highest BCUT2D eigenvalue weighted by atomic mass is 35.5. The molecule has 3 aromatic carbocycles. The van der Waals surface area contributed by atoms with Crippen LogP contribution in [0.4, 0.5) is 0 Å². The van der Waals surface area contributed by atoms with Crippen LogP contribution in [0.3, 0.4) is 0 Å². The zero-order valence-corrected chi connectivity index (χ0v) is 22.2. The van der Waals surface area contributed by atoms with Crippen LogP contribution in [0.1, 0.15) is 36.0 Å². The maximum Gasteiger partial charge on any atom is 0.313 e. The molecule has 0 bridgehead atoms. The van der Waals surface area contributed by atoms with E-state index in [2.05, 4.69) is 41.7 Å². The first-order valence-corrected chi connectivity index (χ1v) is 13.4. The van der Waals surface area contributed by atoms with Gasteiger partial charge in [0.05, 0.1) is 18.2 Å². The highest BCUT2D eigenvalue weighted by Crippen LogP contribution is 2.28. The molecule has 0 unspecified atom stereocenters. The maximum atomic E-state index is 13.2. The average molecular weight is 533 g/mol. The molecule has 1 amide bonds. The lowest BCUT2D eigenvalue weighted by Gasteiger charge is -2.28. The number of rotatable bonds is 13. The Morgan fingerprint density at radius 1 is 0.921 bits per heavy atom. The van der Waals surface area contributed by atoms with Gasteiger partial charge in [0.25, 0.3) is 0 Å². The Kier molecular flexibility index (Phi) is 10.4. The number of carbonyl (C=O) groups excluding carboxylic acids is 2. The molecule has 198 valence electrons. The van der Waals surface area contributed by atoms with Gasteiger partial charge in [0.2, 0.25) is 5.91 Å². The third-order valence-corrected chi connectivity index (χ3v) is 6.87. The normalized spacial score (nSPS) is 13.7. The summed E-state index contributed by atoms with van der Waals surface area (Å²) in [6, 6.07) is 26.0. The quantitative estimate of drug-likeness (QED) is 0.228. The molecule has 0 aromatic heterocycles. The van der Waals surface area contributed by atoms with Crippen LogP contribution in [-0.2, 0) is 27.3 Å². The Bertz CT molecular complexity index is 1230. The molecule has 4 rings (SSSR count). The largest absolute Gasteiger partial charge is 0.492 e. The first-order valence-electron chi connectivity index (χ1n) is 13.0. The predicted octanol–water partition coefficient (Wildman–Crippen LogP) is 5.65. The minimum atomic E-state index is -0.118. The Morgan fingerprint density at radius 2 is 1.63 bits per heavy atom. The number of benzene rings is 3. The van der Waals surface area contributed by atoms with Gasteiger partial charge in [-0.25, -0.2) is 0 Å². The summed E-state index contributed by atoms with van der Waals surface area (Å²) in [5.41, 5.74) is 5.09. The summed E-state index contributed by atoms with van der Waals surface area (Å²) in [6.45, 7) is 2.37. The van der Waals surface area contributed by atoms with E-state index < -0.39 is 0 Å². The number of hydrogen-bond donors (Lipinski definition) is 1. The van der Waals surface area contributed by atoms with Crippen molar-refractivity contribution in [3.05, 3.63) is 106 Å². The molecule has 7 heteroatoms. The fourth-order valence-electron chi connectivity index (χ4n) is 4.56. The van der Waals surface area contributed by atoms with Crippen molar-refractivity contribution in [1.82, 2.24) is 10.4 Å². The first kappa shape index (κ1) is 27.4. The van der Waals surface area contributed by atoms with Crippen LogP contribution in [0.25, 0.3) is 5.57 Å². The molecule has 0 atom stereocenters. The highest BCUT2D eigenvalue weighted by molar-refractivity contribution is 6.32. The van der Waals surface area contributed by atoms with Gasteiger partial charge in [0, 0.05) is 18.7 Å². The molecular formula is C31H33ClN2O4. The van der Waals surface area contributed by atoms with Crippen molar-refractivity contribution < 1.29 is 19.2 Å². The molecule has 1 heterocycles. The Morgan fingerprint density at radius 3 is 2.39 bits per heavy atom. The molecule has 0 spiro atoms. The fourth-order valence-corrected chi connectivity index (χ4v) is 4.75. The summed E-state index contributed by atoms with van der Waals surface area (Å²) < 4.78 is 5.79. The van der Waals surface area contributed by atoms with Crippen LogP contribution in [-0.4, -0.2) is 43.7 Å². The minimum absolute atomic E-state index is 0.118. The minimum Gasteiger partial charge on any atom is -0.492 e. The third kappa shape index (κ3) is 7.94. The van der Waals surface area contributed by atoms with E-state index in [1.165, 1.54) is 16.2 Å². The number of carbonyl (C=O) groups is 2. The van der Waals surface area contributed by atoms with E-state index in [-0.39, 0.29) is 12.5 Å². The summed E-state index contributed by atoms with van der Waals surface area (Å²) in [6.07, 6.45) is 4.10. The Balaban J connectivity index is 1.35.